The zero-order chi connectivity index (χ0) is 10.7. The van der Waals surface area contributed by atoms with Crippen LogP contribution in [0.5, 0.6) is 0 Å². The van der Waals surface area contributed by atoms with Crippen molar-refractivity contribution in [3.8, 4) is 0 Å². The first-order valence-electron chi connectivity index (χ1n) is 4.59. The molecule has 0 aliphatic heterocycles. The van der Waals surface area contributed by atoms with Crippen LogP contribution in [0.25, 0.3) is 0 Å². The number of rotatable bonds is 3. The molecule has 1 aromatic rings. The topological polar surface area (TPSA) is 83.8 Å². The van der Waals surface area contributed by atoms with Crippen molar-refractivity contribution < 1.29 is 0 Å². The Morgan fingerprint density at radius 1 is 1.57 bits per heavy atom. The highest BCUT2D eigenvalue weighted by molar-refractivity contribution is 5.39. The Morgan fingerprint density at radius 2 is 2.21 bits per heavy atom. The molecule has 1 aromatic heterocycles. The van der Waals surface area contributed by atoms with Crippen LogP contribution >= 0.6 is 0 Å². The summed E-state index contributed by atoms with van der Waals surface area (Å²) in [5.74, 6) is 0.989. The van der Waals surface area contributed by atoms with Gasteiger partial charge < -0.3 is 16.0 Å². The molecule has 5 nitrogen and oxygen atoms in total. The van der Waals surface area contributed by atoms with E-state index in [4.69, 9.17) is 5.73 Å². The van der Waals surface area contributed by atoms with Gasteiger partial charge in [0.25, 0.3) is 5.56 Å². The molecule has 1 heterocycles. The Bertz CT molecular complexity index is 370. The molecule has 5 heteroatoms. The number of anilines is 1. The average molecular weight is 196 g/mol. The number of H-pyrrole nitrogens is 1. The third kappa shape index (κ3) is 2.11. The zero-order valence-electron chi connectivity index (χ0n) is 8.72. The Labute approximate surface area is 82.7 Å². The molecule has 0 amide bonds. The first kappa shape index (κ1) is 10.7. The standard InChI is InChI=1S/C9H16N4O/c1-5(2)7-8(10)12-6(4-11-3)13-9(7)14/h5,11H,4H2,1-3H3,(H3,10,12,13,14). The summed E-state index contributed by atoms with van der Waals surface area (Å²) in [4.78, 5) is 18.4. The van der Waals surface area contributed by atoms with Crippen LogP contribution in [0.1, 0.15) is 31.2 Å². The predicted molar refractivity (Wildman–Crippen MR) is 56.1 cm³/mol. The van der Waals surface area contributed by atoms with E-state index in [1.54, 1.807) is 7.05 Å². The molecule has 0 atom stereocenters. The first-order chi connectivity index (χ1) is 6.56. The fraction of sp³-hybridized carbons (Fsp3) is 0.556. The SMILES string of the molecule is CNCc1nc(N)c(C(C)C)c(=O)[nH]1. The van der Waals surface area contributed by atoms with Crippen molar-refractivity contribution in [2.75, 3.05) is 12.8 Å². The molecule has 0 unspecified atom stereocenters. The van der Waals surface area contributed by atoms with Crippen molar-refractivity contribution in [1.82, 2.24) is 15.3 Å². The molecule has 14 heavy (non-hydrogen) atoms. The highest BCUT2D eigenvalue weighted by atomic mass is 16.1. The quantitative estimate of drug-likeness (QED) is 0.644. The number of hydrogen-bond donors (Lipinski definition) is 3. The maximum Gasteiger partial charge on any atom is 0.256 e. The molecular weight excluding hydrogens is 180 g/mol. The van der Waals surface area contributed by atoms with Gasteiger partial charge in [0.2, 0.25) is 0 Å². The van der Waals surface area contributed by atoms with Crippen LogP contribution in [0.4, 0.5) is 5.82 Å². The summed E-state index contributed by atoms with van der Waals surface area (Å²) in [5.41, 5.74) is 6.11. The minimum atomic E-state index is -0.141. The molecule has 78 valence electrons. The lowest BCUT2D eigenvalue weighted by molar-refractivity contribution is 0.739. The zero-order valence-corrected chi connectivity index (χ0v) is 8.72. The van der Waals surface area contributed by atoms with Crippen molar-refractivity contribution in [2.24, 2.45) is 0 Å². The van der Waals surface area contributed by atoms with Gasteiger partial charge in [0, 0.05) is 0 Å². The van der Waals surface area contributed by atoms with Crippen molar-refractivity contribution in [3.63, 3.8) is 0 Å². The van der Waals surface area contributed by atoms with Crippen LogP contribution in [-0.2, 0) is 6.54 Å². The third-order valence-corrected chi connectivity index (χ3v) is 1.96. The molecule has 0 radical (unpaired) electrons. The highest BCUT2D eigenvalue weighted by Crippen LogP contribution is 2.14. The number of hydrogen-bond acceptors (Lipinski definition) is 4. The minimum absolute atomic E-state index is 0.0925. The summed E-state index contributed by atoms with van der Waals surface area (Å²) < 4.78 is 0. The van der Waals surface area contributed by atoms with E-state index < -0.39 is 0 Å². The Balaban J connectivity index is 3.19. The van der Waals surface area contributed by atoms with Crippen LogP contribution in [0.3, 0.4) is 0 Å². The number of aromatic nitrogens is 2. The molecule has 4 N–H and O–H groups in total. The van der Waals surface area contributed by atoms with Crippen molar-refractivity contribution in [1.29, 1.82) is 0 Å². The lowest BCUT2D eigenvalue weighted by atomic mass is 10.1. The second-order valence-electron chi connectivity index (χ2n) is 3.50. The van der Waals surface area contributed by atoms with Crippen LogP contribution in [-0.4, -0.2) is 17.0 Å². The molecule has 0 aliphatic rings. The Hall–Kier alpha value is -1.36. The minimum Gasteiger partial charge on any atom is -0.383 e. The lowest BCUT2D eigenvalue weighted by Crippen LogP contribution is -2.22. The van der Waals surface area contributed by atoms with Gasteiger partial charge in [-0.15, -0.1) is 0 Å². The molecular formula is C9H16N4O. The summed E-state index contributed by atoms with van der Waals surface area (Å²) in [6.07, 6.45) is 0. The van der Waals surface area contributed by atoms with E-state index in [0.29, 0.717) is 23.8 Å². The van der Waals surface area contributed by atoms with Crippen molar-refractivity contribution in [2.45, 2.75) is 26.3 Å². The summed E-state index contributed by atoms with van der Waals surface area (Å²) in [6.45, 7) is 4.35. The number of nitrogens with one attached hydrogen (secondary N) is 2. The van der Waals surface area contributed by atoms with Gasteiger partial charge in [0.05, 0.1) is 12.1 Å². The lowest BCUT2D eigenvalue weighted by Gasteiger charge is -2.08. The van der Waals surface area contributed by atoms with Gasteiger partial charge in [-0.2, -0.15) is 0 Å². The largest absolute Gasteiger partial charge is 0.383 e. The van der Waals surface area contributed by atoms with Crippen LogP contribution < -0.4 is 16.6 Å². The van der Waals surface area contributed by atoms with E-state index in [0.717, 1.165) is 0 Å². The fourth-order valence-electron chi connectivity index (χ4n) is 1.36. The second kappa shape index (κ2) is 4.23. The van der Waals surface area contributed by atoms with Crippen LogP contribution in [0, 0.1) is 0 Å². The summed E-state index contributed by atoms with van der Waals surface area (Å²) >= 11 is 0. The first-order valence-corrected chi connectivity index (χ1v) is 4.59. The van der Waals surface area contributed by atoms with E-state index in [1.807, 2.05) is 13.8 Å². The molecule has 0 aliphatic carbocycles. The molecule has 0 bridgehead atoms. The number of nitrogens with zero attached hydrogens (tertiary/aromatic N) is 1. The van der Waals surface area contributed by atoms with E-state index >= 15 is 0 Å². The fourth-order valence-corrected chi connectivity index (χ4v) is 1.36. The van der Waals surface area contributed by atoms with Gasteiger partial charge in [-0.1, -0.05) is 13.8 Å². The molecule has 0 saturated carbocycles. The van der Waals surface area contributed by atoms with E-state index in [-0.39, 0.29) is 11.5 Å². The maximum atomic E-state index is 11.6. The molecule has 1 rings (SSSR count). The molecule has 0 saturated heterocycles. The van der Waals surface area contributed by atoms with E-state index in [9.17, 15) is 4.79 Å². The second-order valence-corrected chi connectivity index (χ2v) is 3.50. The van der Waals surface area contributed by atoms with Crippen LogP contribution in [0.15, 0.2) is 4.79 Å². The highest BCUT2D eigenvalue weighted by Gasteiger charge is 2.11. The molecule has 0 spiro atoms. The van der Waals surface area contributed by atoms with Crippen molar-refractivity contribution in [3.05, 3.63) is 21.7 Å². The number of nitrogens with two attached hydrogens (primary N) is 1. The Morgan fingerprint density at radius 3 is 2.64 bits per heavy atom. The number of nitrogen functional groups attached to an aromatic ring is 1. The van der Waals surface area contributed by atoms with Gasteiger partial charge >= 0.3 is 0 Å². The summed E-state index contributed by atoms with van der Waals surface area (Å²) in [6, 6.07) is 0. The summed E-state index contributed by atoms with van der Waals surface area (Å²) in [5, 5.41) is 2.90. The normalized spacial score (nSPS) is 10.9. The van der Waals surface area contributed by atoms with Crippen molar-refractivity contribution >= 4 is 5.82 Å². The average Bonchev–Trinajstić information content (AvgIpc) is 2.01. The van der Waals surface area contributed by atoms with E-state index in [2.05, 4.69) is 15.3 Å². The van der Waals surface area contributed by atoms with Gasteiger partial charge in [-0.3, -0.25) is 4.79 Å². The monoisotopic (exact) mass is 196 g/mol. The van der Waals surface area contributed by atoms with Gasteiger partial charge in [-0.25, -0.2) is 4.98 Å². The summed E-state index contributed by atoms with van der Waals surface area (Å²) in [7, 11) is 1.78. The molecule has 0 aromatic carbocycles. The van der Waals surface area contributed by atoms with Gasteiger partial charge in [0.15, 0.2) is 0 Å². The van der Waals surface area contributed by atoms with Crippen LogP contribution in [0.2, 0.25) is 0 Å². The van der Waals surface area contributed by atoms with E-state index in [1.165, 1.54) is 0 Å². The predicted octanol–water partition coefficient (Wildman–Crippen LogP) is 0.195. The Kier molecular flexibility index (Phi) is 3.24. The smallest absolute Gasteiger partial charge is 0.256 e. The molecule has 0 fully saturated rings. The number of aromatic amines is 1. The van der Waals surface area contributed by atoms with Gasteiger partial charge in [0.1, 0.15) is 11.6 Å². The third-order valence-electron chi connectivity index (χ3n) is 1.96. The maximum absolute atomic E-state index is 11.6. The van der Waals surface area contributed by atoms with Gasteiger partial charge in [-0.05, 0) is 13.0 Å².